The van der Waals surface area contributed by atoms with Crippen molar-refractivity contribution in [2.75, 3.05) is 39.8 Å². The molecule has 0 aromatic heterocycles. The Bertz CT molecular complexity index is 226. The van der Waals surface area contributed by atoms with E-state index < -0.39 is 0 Å². The van der Waals surface area contributed by atoms with E-state index in [2.05, 4.69) is 29.1 Å². The zero-order valence-electron chi connectivity index (χ0n) is 12.3. The Morgan fingerprint density at radius 1 is 1.11 bits per heavy atom. The van der Waals surface area contributed by atoms with Crippen molar-refractivity contribution in [3.05, 3.63) is 0 Å². The molecule has 2 fully saturated rings. The van der Waals surface area contributed by atoms with Gasteiger partial charge in [0.25, 0.3) is 0 Å². The summed E-state index contributed by atoms with van der Waals surface area (Å²) >= 11 is 0. The Kier molecular flexibility index (Phi) is 5.93. The first kappa shape index (κ1) is 14.3. The van der Waals surface area contributed by atoms with Gasteiger partial charge in [-0.05, 0) is 78.8 Å². The summed E-state index contributed by atoms with van der Waals surface area (Å²) in [5.41, 5.74) is 0. The van der Waals surface area contributed by atoms with Gasteiger partial charge in [-0.15, -0.1) is 0 Å². The van der Waals surface area contributed by atoms with Gasteiger partial charge < -0.3 is 15.1 Å². The lowest BCUT2D eigenvalue weighted by Gasteiger charge is -2.35. The number of rotatable bonds is 5. The molecule has 0 amide bonds. The van der Waals surface area contributed by atoms with Crippen molar-refractivity contribution in [3.63, 3.8) is 0 Å². The predicted octanol–water partition coefficient (Wildman–Crippen LogP) is 1.93. The minimum atomic E-state index is 0.748. The molecule has 0 aliphatic carbocycles. The number of piperidine rings is 2. The molecule has 2 saturated heterocycles. The second kappa shape index (κ2) is 7.46. The SMILES string of the molecule is CC1CC(NCCCN2CCCCC2)CCN1C. The molecule has 2 atom stereocenters. The lowest BCUT2D eigenvalue weighted by atomic mass is 9.99. The van der Waals surface area contributed by atoms with E-state index in [9.17, 15) is 0 Å². The number of nitrogens with one attached hydrogen (secondary N) is 1. The summed E-state index contributed by atoms with van der Waals surface area (Å²) < 4.78 is 0. The fourth-order valence-corrected chi connectivity index (χ4v) is 3.27. The Balaban J connectivity index is 1.52. The second-order valence-corrected chi connectivity index (χ2v) is 6.26. The normalized spacial score (nSPS) is 31.7. The number of hydrogen-bond acceptors (Lipinski definition) is 3. The van der Waals surface area contributed by atoms with Crippen LogP contribution in [0.3, 0.4) is 0 Å². The van der Waals surface area contributed by atoms with E-state index in [1.807, 2.05) is 0 Å². The maximum absolute atomic E-state index is 3.76. The summed E-state index contributed by atoms with van der Waals surface area (Å²) in [6.45, 7) is 8.79. The second-order valence-electron chi connectivity index (χ2n) is 6.26. The highest BCUT2D eigenvalue weighted by Gasteiger charge is 2.21. The highest BCUT2D eigenvalue weighted by atomic mass is 15.1. The van der Waals surface area contributed by atoms with Crippen LogP contribution in [0, 0.1) is 0 Å². The van der Waals surface area contributed by atoms with Crippen molar-refractivity contribution in [1.29, 1.82) is 0 Å². The van der Waals surface area contributed by atoms with Crippen molar-refractivity contribution >= 4 is 0 Å². The first-order valence-corrected chi connectivity index (χ1v) is 7.91. The number of likely N-dealkylation sites (tertiary alicyclic amines) is 2. The molecule has 0 aromatic carbocycles. The Labute approximate surface area is 113 Å². The molecular weight excluding hydrogens is 222 g/mol. The topological polar surface area (TPSA) is 18.5 Å². The van der Waals surface area contributed by atoms with E-state index in [-0.39, 0.29) is 0 Å². The minimum absolute atomic E-state index is 0.748. The first-order valence-electron chi connectivity index (χ1n) is 7.91. The smallest absolute Gasteiger partial charge is 0.00940 e. The van der Waals surface area contributed by atoms with E-state index in [1.165, 1.54) is 71.2 Å². The van der Waals surface area contributed by atoms with Gasteiger partial charge in [0.05, 0.1) is 0 Å². The average Bonchev–Trinajstić information content (AvgIpc) is 2.40. The van der Waals surface area contributed by atoms with Crippen molar-refractivity contribution in [1.82, 2.24) is 15.1 Å². The summed E-state index contributed by atoms with van der Waals surface area (Å²) in [7, 11) is 2.25. The predicted molar refractivity (Wildman–Crippen MR) is 78.0 cm³/mol. The fraction of sp³-hybridized carbons (Fsp3) is 1.00. The van der Waals surface area contributed by atoms with Crippen LogP contribution in [-0.2, 0) is 0 Å². The molecule has 2 rings (SSSR count). The van der Waals surface area contributed by atoms with Crippen molar-refractivity contribution in [2.24, 2.45) is 0 Å². The fourth-order valence-electron chi connectivity index (χ4n) is 3.27. The van der Waals surface area contributed by atoms with Crippen LogP contribution in [0.1, 0.15) is 45.4 Å². The molecule has 3 nitrogen and oxygen atoms in total. The van der Waals surface area contributed by atoms with Crippen molar-refractivity contribution in [2.45, 2.75) is 57.5 Å². The molecule has 2 aliphatic heterocycles. The summed E-state index contributed by atoms with van der Waals surface area (Å²) in [6.07, 6.45) is 8.24. The van der Waals surface area contributed by atoms with Gasteiger partial charge in [-0.2, -0.15) is 0 Å². The summed E-state index contributed by atoms with van der Waals surface area (Å²) in [4.78, 5) is 5.12. The van der Waals surface area contributed by atoms with Gasteiger partial charge in [0, 0.05) is 12.1 Å². The molecule has 1 N–H and O–H groups in total. The summed E-state index contributed by atoms with van der Waals surface area (Å²) in [5, 5.41) is 3.76. The minimum Gasteiger partial charge on any atom is -0.314 e. The van der Waals surface area contributed by atoms with Gasteiger partial charge in [-0.3, -0.25) is 0 Å². The van der Waals surface area contributed by atoms with Gasteiger partial charge in [-0.25, -0.2) is 0 Å². The Morgan fingerprint density at radius 2 is 1.89 bits per heavy atom. The monoisotopic (exact) mass is 253 g/mol. The van der Waals surface area contributed by atoms with Crippen LogP contribution in [0.15, 0.2) is 0 Å². The van der Waals surface area contributed by atoms with Crippen LogP contribution < -0.4 is 5.32 Å². The van der Waals surface area contributed by atoms with Gasteiger partial charge in [0.1, 0.15) is 0 Å². The molecule has 0 saturated carbocycles. The third-order valence-corrected chi connectivity index (χ3v) is 4.74. The highest BCUT2D eigenvalue weighted by Crippen LogP contribution is 2.15. The lowest BCUT2D eigenvalue weighted by Crippen LogP contribution is -2.46. The van der Waals surface area contributed by atoms with Crippen LogP contribution in [0.2, 0.25) is 0 Å². The molecule has 2 aliphatic rings. The summed E-state index contributed by atoms with van der Waals surface area (Å²) in [6, 6.07) is 1.51. The molecule has 2 unspecified atom stereocenters. The largest absolute Gasteiger partial charge is 0.314 e. The van der Waals surface area contributed by atoms with E-state index >= 15 is 0 Å². The quantitative estimate of drug-likeness (QED) is 0.755. The Hall–Kier alpha value is -0.120. The van der Waals surface area contributed by atoms with Crippen molar-refractivity contribution < 1.29 is 0 Å². The van der Waals surface area contributed by atoms with E-state index in [4.69, 9.17) is 0 Å². The third-order valence-electron chi connectivity index (χ3n) is 4.74. The van der Waals surface area contributed by atoms with Gasteiger partial charge >= 0.3 is 0 Å². The van der Waals surface area contributed by atoms with Crippen LogP contribution in [0.25, 0.3) is 0 Å². The molecule has 2 heterocycles. The van der Waals surface area contributed by atoms with Crippen LogP contribution in [0.4, 0.5) is 0 Å². The molecule has 0 bridgehead atoms. The van der Waals surface area contributed by atoms with Crippen molar-refractivity contribution in [3.8, 4) is 0 Å². The van der Waals surface area contributed by atoms with E-state index in [1.54, 1.807) is 0 Å². The maximum Gasteiger partial charge on any atom is 0.00940 e. The lowest BCUT2D eigenvalue weighted by molar-refractivity contribution is 0.166. The molecule has 106 valence electrons. The number of hydrogen-bond donors (Lipinski definition) is 1. The van der Waals surface area contributed by atoms with E-state index in [0.717, 1.165) is 12.1 Å². The standard InChI is InChI=1S/C15H31N3/c1-14-13-15(7-12-17(14)2)16-8-6-11-18-9-4-3-5-10-18/h14-16H,3-13H2,1-2H3. The van der Waals surface area contributed by atoms with Crippen LogP contribution >= 0.6 is 0 Å². The highest BCUT2D eigenvalue weighted by molar-refractivity contribution is 4.81. The molecule has 18 heavy (non-hydrogen) atoms. The summed E-state index contributed by atoms with van der Waals surface area (Å²) in [5.74, 6) is 0. The molecule has 0 aromatic rings. The molecule has 0 spiro atoms. The average molecular weight is 253 g/mol. The van der Waals surface area contributed by atoms with Gasteiger partial charge in [0.15, 0.2) is 0 Å². The van der Waals surface area contributed by atoms with Crippen LogP contribution in [0.5, 0.6) is 0 Å². The molecule has 3 heteroatoms. The maximum atomic E-state index is 3.76. The van der Waals surface area contributed by atoms with Gasteiger partial charge in [0.2, 0.25) is 0 Å². The van der Waals surface area contributed by atoms with E-state index in [0.29, 0.717) is 0 Å². The zero-order chi connectivity index (χ0) is 12.8. The first-order chi connectivity index (χ1) is 8.75. The van der Waals surface area contributed by atoms with Gasteiger partial charge in [-0.1, -0.05) is 6.42 Å². The molecule has 0 radical (unpaired) electrons. The number of nitrogens with zero attached hydrogens (tertiary/aromatic N) is 2. The molecular formula is C15H31N3. The zero-order valence-corrected chi connectivity index (χ0v) is 12.3. The van der Waals surface area contributed by atoms with Crippen LogP contribution in [-0.4, -0.2) is 61.7 Å². The Morgan fingerprint density at radius 3 is 2.61 bits per heavy atom. The third kappa shape index (κ3) is 4.52.